The van der Waals surface area contributed by atoms with Crippen molar-refractivity contribution < 1.29 is 35.9 Å². The van der Waals surface area contributed by atoms with Crippen LogP contribution in [0.5, 0.6) is 5.88 Å². The molecule has 0 saturated carbocycles. The predicted octanol–water partition coefficient (Wildman–Crippen LogP) is 3.94. The molecule has 0 atom stereocenters. The minimum Gasteiger partial charge on any atom is -0.481 e. The van der Waals surface area contributed by atoms with Crippen molar-refractivity contribution >= 4 is 27.5 Å². The maximum atomic E-state index is 13.6. The number of allylic oxidation sites excluding steroid dienone is 5. The van der Waals surface area contributed by atoms with Gasteiger partial charge in [0.25, 0.3) is 10.0 Å². The van der Waals surface area contributed by atoms with Gasteiger partial charge in [-0.2, -0.15) is 13.2 Å². The molecule has 0 fully saturated rings. The molecule has 0 aliphatic carbocycles. The second-order valence-electron chi connectivity index (χ2n) is 8.33. The fourth-order valence-electron chi connectivity index (χ4n) is 3.33. The lowest BCUT2D eigenvalue weighted by molar-refractivity contribution is -0.0882. The Morgan fingerprint density at radius 2 is 2.03 bits per heavy atom. The van der Waals surface area contributed by atoms with Crippen LogP contribution in [0.1, 0.15) is 25.8 Å². The van der Waals surface area contributed by atoms with E-state index < -0.39 is 38.6 Å². The van der Waals surface area contributed by atoms with Gasteiger partial charge >= 0.3 is 12.2 Å². The van der Waals surface area contributed by atoms with Gasteiger partial charge in [-0.3, -0.25) is 4.99 Å². The quantitative estimate of drug-likeness (QED) is 0.362. The average molecular weight is 570 g/mol. The van der Waals surface area contributed by atoms with Gasteiger partial charge in [-0.1, -0.05) is 33.1 Å². The summed E-state index contributed by atoms with van der Waals surface area (Å²) in [6, 6.07) is 1.66. The summed E-state index contributed by atoms with van der Waals surface area (Å²) in [6.45, 7) is 10.8. The van der Waals surface area contributed by atoms with Crippen LogP contribution in [0, 0.1) is 5.92 Å². The molecule has 2 heterocycles. The third-order valence-corrected chi connectivity index (χ3v) is 6.62. The SMILES string of the molecule is C=C/C(=C\C(=C(\NC(=O)NS(=O)(=O)/C(=C/N)C1=NCCCO1)C(=C)c1ccnc(OC)c1)C(C)C)C(F)(F)F. The molecular weight excluding hydrogens is 539 g/mol. The number of carbonyl (C=O) groups excluding carboxylic acids is 1. The van der Waals surface area contributed by atoms with Crippen molar-refractivity contribution in [1.82, 2.24) is 15.0 Å². The van der Waals surface area contributed by atoms with Crippen LogP contribution in [-0.2, 0) is 14.8 Å². The number of rotatable bonds is 10. The maximum Gasteiger partial charge on any atom is 0.416 e. The number of urea groups is 1. The standard InChI is InChI=1S/C25H30F3N5O5S/c1-6-18(25(26,27)28)13-19(15(2)3)22(16(4)17-8-10-30-21(12-17)37-5)32-24(34)33-39(35,36)20(14-29)23-31-9-7-11-38-23/h6,8,10,12-15H,1,4,7,9,11,29H2,2-3,5H3,(H2,32,33,34)/b18-13+,20-14+,22-19-. The lowest BCUT2D eigenvalue weighted by Crippen LogP contribution is -2.42. The molecule has 212 valence electrons. The Morgan fingerprint density at radius 3 is 2.54 bits per heavy atom. The van der Waals surface area contributed by atoms with E-state index in [1.165, 1.54) is 25.4 Å². The molecule has 0 spiro atoms. The number of nitrogens with one attached hydrogen (secondary N) is 2. The number of amides is 2. The molecule has 14 heteroatoms. The summed E-state index contributed by atoms with van der Waals surface area (Å²) in [5.74, 6) is -0.686. The zero-order chi connectivity index (χ0) is 29.4. The van der Waals surface area contributed by atoms with Gasteiger partial charge in [-0.25, -0.2) is 22.9 Å². The third-order valence-electron chi connectivity index (χ3n) is 5.28. The summed E-state index contributed by atoms with van der Waals surface area (Å²) < 4.78 is 78.7. The Bertz CT molecular complexity index is 1350. The fourth-order valence-corrected chi connectivity index (χ4v) is 4.26. The highest BCUT2D eigenvalue weighted by Crippen LogP contribution is 2.33. The first-order chi connectivity index (χ1) is 18.2. The first kappa shape index (κ1) is 31.1. The first-order valence-electron chi connectivity index (χ1n) is 11.5. The van der Waals surface area contributed by atoms with Crippen LogP contribution < -0.4 is 20.5 Å². The van der Waals surface area contributed by atoms with Gasteiger partial charge in [-0.05, 0) is 34.8 Å². The number of aromatic nitrogens is 1. The van der Waals surface area contributed by atoms with E-state index in [4.69, 9.17) is 15.2 Å². The van der Waals surface area contributed by atoms with Crippen LogP contribution in [0.15, 0.2) is 76.6 Å². The van der Waals surface area contributed by atoms with Gasteiger partial charge in [-0.15, -0.1) is 0 Å². The van der Waals surface area contributed by atoms with Gasteiger partial charge in [0, 0.05) is 31.4 Å². The van der Waals surface area contributed by atoms with E-state index in [1.807, 2.05) is 0 Å². The summed E-state index contributed by atoms with van der Waals surface area (Å²) in [4.78, 5) is 20.4. The first-order valence-corrected chi connectivity index (χ1v) is 13.0. The second kappa shape index (κ2) is 13.1. The van der Waals surface area contributed by atoms with Crippen LogP contribution in [0.3, 0.4) is 0 Å². The molecular formula is C25H30F3N5O5S. The Balaban J connectivity index is 2.61. The van der Waals surface area contributed by atoms with Gasteiger partial charge in [0.1, 0.15) is 0 Å². The summed E-state index contributed by atoms with van der Waals surface area (Å²) in [5, 5.41) is 2.35. The number of hydrogen-bond acceptors (Lipinski definition) is 8. The van der Waals surface area contributed by atoms with Crippen molar-refractivity contribution in [2.45, 2.75) is 26.4 Å². The van der Waals surface area contributed by atoms with Crippen LogP contribution >= 0.6 is 0 Å². The number of hydrogen-bond donors (Lipinski definition) is 3. The molecule has 4 N–H and O–H groups in total. The molecule has 0 bridgehead atoms. The highest BCUT2D eigenvalue weighted by Gasteiger charge is 2.33. The summed E-state index contributed by atoms with van der Waals surface area (Å²) >= 11 is 0. The molecule has 1 aromatic rings. The molecule has 10 nitrogen and oxygen atoms in total. The largest absolute Gasteiger partial charge is 0.481 e. The van der Waals surface area contributed by atoms with Crippen molar-refractivity contribution in [3.05, 3.63) is 77.2 Å². The molecule has 1 aromatic heterocycles. The van der Waals surface area contributed by atoms with Crippen molar-refractivity contribution in [1.29, 1.82) is 0 Å². The van der Waals surface area contributed by atoms with E-state index in [9.17, 15) is 26.4 Å². The van der Waals surface area contributed by atoms with Crippen LogP contribution in [0.4, 0.5) is 18.0 Å². The van der Waals surface area contributed by atoms with Gasteiger partial charge in [0.05, 0.1) is 25.0 Å². The van der Waals surface area contributed by atoms with Crippen molar-refractivity contribution in [3.63, 3.8) is 0 Å². The lowest BCUT2D eigenvalue weighted by atomic mass is 9.92. The Hall–Kier alpha value is -4.07. The van der Waals surface area contributed by atoms with Crippen molar-refractivity contribution in [3.8, 4) is 5.88 Å². The Kier molecular flexibility index (Phi) is 10.5. The summed E-state index contributed by atoms with van der Waals surface area (Å²) in [6.07, 6.45) is -0.642. The lowest BCUT2D eigenvalue weighted by Gasteiger charge is -2.21. The molecule has 2 rings (SSSR count). The van der Waals surface area contributed by atoms with Gasteiger partial charge in [0.15, 0.2) is 4.91 Å². The molecule has 0 unspecified atom stereocenters. The minimum absolute atomic E-state index is 0.00914. The predicted molar refractivity (Wildman–Crippen MR) is 142 cm³/mol. The number of halogens is 3. The fraction of sp³-hybridized carbons (Fsp3) is 0.320. The number of nitrogens with two attached hydrogens (primary N) is 1. The molecule has 1 aliphatic heterocycles. The summed E-state index contributed by atoms with van der Waals surface area (Å²) in [7, 11) is -3.22. The highest BCUT2D eigenvalue weighted by molar-refractivity contribution is 7.94. The van der Waals surface area contributed by atoms with Crippen LogP contribution in [0.25, 0.3) is 5.57 Å². The average Bonchev–Trinajstić information content (AvgIpc) is 2.87. The Labute approximate surface area is 224 Å². The molecule has 0 saturated heterocycles. The molecule has 39 heavy (non-hydrogen) atoms. The van der Waals surface area contributed by atoms with E-state index >= 15 is 0 Å². The smallest absolute Gasteiger partial charge is 0.416 e. The molecule has 0 aromatic carbocycles. The van der Waals surface area contributed by atoms with Gasteiger partial charge in [0.2, 0.25) is 11.8 Å². The Morgan fingerprint density at radius 1 is 1.33 bits per heavy atom. The number of ether oxygens (including phenoxy) is 2. The topological polar surface area (TPSA) is 145 Å². The van der Waals surface area contributed by atoms with Crippen molar-refractivity contribution in [2.24, 2.45) is 16.6 Å². The van der Waals surface area contributed by atoms with Crippen molar-refractivity contribution in [2.75, 3.05) is 20.3 Å². The number of pyridine rings is 1. The zero-order valence-electron chi connectivity index (χ0n) is 21.6. The number of sulfonamides is 1. The molecule has 2 amide bonds. The van der Waals surface area contributed by atoms with E-state index in [1.54, 1.807) is 18.6 Å². The normalized spacial score (nSPS) is 15.5. The number of methoxy groups -OCH3 is 1. The zero-order valence-corrected chi connectivity index (χ0v) is 22.4. The maximum absolute atomic E-state index is 13.6. The van der Waals surface area contributed by atoms with E-state index in [0.29, 0.717) is 24.6 Å². The van der Waals surface area contributed by atoms with Crippen LogP contribution in [0.2, 0.25) is 0 Å². The van der Waals surface area contributed by atoms with E-state index in [-0.39, 0.29) is 35.2 Å². The van der Waals surface area contributed by atoms with Crippen LogP contribution in [-0.4, -0.2) is 51.8 Å². The third kappa shape index (κ3) is 8.21. The van der Waals surface area contributed by atoms with Gasteiger partial charge < -0.3 is 20.5 Å². The number of aliphatic imine (C=N–C) groups is 1. The summed E-state index contributed by atoms with van der Waals surface area (Å²) in [5.41, 5.74) is 4.60. The molecule has 0 radical (unpaired) electrons. The minimum atomic E-state index is -4.75. The second-order valence-corrected chi connectivity index (χ2v) is 9.98. The highest BCUT2D eigenvalue weighted by atomic mass is 32.2. The van der Waals surface area contributed by atoms with E-state index in [0.717, 1.165) is 12.3 Å². The monoisotopic (exact) mass is 569 g/mol. The van der Waals surface area contributed by atoms with E-state index in [2.05, 4.69) is 28.5 Å². The molecule has 1 aliphatic rings. The number of alkyl halides is 3. The number of nitrogens with zero attached hydrogens (tertiary/aromatic N) is 2. The number of carbonyl (C=O) groups is 1.